The minimum Gasteiger partial charge on any atom is -0.454 e. The van der Waals surface area contributed by atoms with Crippen LogP contribution in [0.1, 0.15) is 45.1 Å². The SMILES string of the molecule is CC1(C)CCCC(NCc2cc3c(cc2Br)OCO3)C1. The van der Waals surface area contributed by atoms with E-state index in [2.05, 4.69) is 41.2 Å². The van der Waals surface area contributed by atoms with Crippen molar-refractivity contribution in [1.29, 1.82) is 0 Å². The largest absolute Gasteiger partial charge is 0.454 e. The average Bonchev–Trinajstić information content (AvgIpc) is 2.82. The molecular formula is C16H22BrNO2. The third-order valence-corrected chi connectivity index (χ3v) is 5.07. The van der Waals surface area contributed by atoms with Gasteiger partial charge in [0.1, 0.15) is 0 Å². The van der Waals surface area contributed by atoms with Crippen LogP contribution >= 0.6 is 15.9 Å². The van der Waals surface area contributed by atoms with Crippen molar-refractivity contribution < 1.29 is 9.47 Å². The highest BCUT2D eigenvalue weighted by atomic mass is 79.9. The van der Waals surface area contributed by atoms with E-state index in [0.29, 0.717) is 18.2 Å². The Morgan fingerprint density at radius 2 is 2.05 bits per heavy atom. The molecule has 0 saturated heterocycles. The lowest BCUT2D eigenvalue weighted by molar-refractivity contribution is 0.174. The molecule has 1 aliphatic carbocycles. The monoisotopic (exact) mass is 339 g/mol. The molecule has 1 heterocycles. The molecule has 1 saturated carbocycles. The predicted molar refractivity (Wildman–Crippen MR) is 83.1 cm³/mol. The molecule has 3 rings (SSSR count). The summed E-state index contributed by atoms with van der Waals surface area (Å²) in [7, 11) is 0. The van der Waals surface area contributed by atoms with Gasteiger partial charge in [0.05, 0.1) is 0 Å². The first kappa shape index (κ1) is 14.2. The van der Waals surface area contributed by atoms with Crippen molar-refractivity contribution >= 4 is 15.9 Å². The fourth-order valence-corrected chi connectivity index (χ4v) is 3.68. The molecule has 0 spiro atoms. The van der Waals surface area contributed by atoms with E-state index in [0.717, 1.165) is 22.5 Å². The number of halogens is 1. The number of hydrogen-bond acceptors (Lipinski definition) is 3. The van der Waals surface area contributed by atoms with Gasteiger partial charge in [-0.05, 0) is 42.4 Å². The standard InChI is InChI=1S/C16H22BrNO2/c1-16(2)5-3-4-12(8-16)18-9-11-6-14-15(7-13(11)17)20-10-19-14/h6-7,12,18H,3-5,8-10H2,1-2H3. The summed E-state index contributed by atoms with van der Waals surface area (Å²) in [5.74, 6) is 1.69. The number of hydrogen-bond donors (Lipinski definition) is 1. The van der Waals surface area contributed by atoms with Crippen molar-refractivity contribution in [2.75, 3.05) is 6.79 Å². The first-order chi connectivity index (χ1) is 9.53. The Morgan fingerprint density at radius 3 is 2.80 bits per heavy atom. The van der Waals surface area contributed by atoms with E-state index in [4.69, 9.17) is 9.47 Å². The lowest BCUT2D eigenvalue weighted by Crippen LogP contribution is -2.36. The number of benzene rings is 1. The van der Waals surface area contributed by atoms with E-state index in [-0.39, 0.29) is 0 Å². The first-order valence-corrected chi connectivity index (χ1v) is 8.14. The zero-order valence-corrected chi connectivity index (χ0v) is 13.8. The van der Waals surface area contributed by atoms with Crippen molar-refractivity contribution in [2.24, 2.45) is 5.41 Å². The van der Waals surface area contributed by atoms with E-state index in [1.165, 1.54) is 31.2 Å². The molecule has 0 radical (unpaired) electrons. The van der Waals surface area contributed by atoms with Gasteiger partial charge in [0.15, 0.2) is 11.5 Å². The molecule has 2 aliphatic rings. The lowest BCUT2D eigenvalue weighted by Gasteiger charge is -2.35. The summed E-state index contributed by atoms with van der Waals surface area (Å²) in [5, 5.41) is 3.70. The quantitative estimate of drug-likeness (QED) is 0.893. The molecule has 1 atom stereocenters. The minimum absolute atomic E-state index is 0.329. The van der Waals surface area contributed by atoms with Gasteiger partial charge in [0.2, 0.25) is 6.79 Å². The second kappa shape index (κ2) is 5.57. The summed E-state index contributed by atoms with van der Waals surface area (Å²) in [5.41, 5.74) is 1.71. The maximum absolute atomic E-state index is 5.45. The summed E-state index contributed by atoms with van der Waals surface area (Å²) < 4.78 is 11.9. The number of ether oxygens (including phenoxy) is 2. The van der Waals surface area contributed by atoms with Crippen LogP contribution in [0.2, 0.25) is 0 Å². The number of fused-ring (bicyclic) bond motifs is 1. The molecule has 110 valence electrons. The Kier molecular flexibility index (Phi) is 3.95. The normalized spacial score (nSPS) is 23.9. The fraction of sp³-hybridized carbons (Fsp3) is 0.625. The molecule has 20 heavy (non-hydrogen) atoms. The van der Waals surface area contributed by atoms with Gasteiger partial charge >= 0.3 is 0 Å². The third-order valence-electron chi connectivity index (χ3n) is 4.33. The van der Waals surface area contributed by atoms with E-state index in [1.807, 2.05) is 6.07 Å². The minimum atomic E-state index is 0.329. The Hall–Kier alpha value is -0.740. The summed E-state index contributed by atoms with van der Waals surface area (Å²) >= 11 is 3.62. The van der Waals surface area contributed by atoms with Gasteiger partial charge in [-0.2, -0.15) is 0 Å². The zero-order chi connectivity index (χ0) is 14.2. The van der Waals surface area contributed by atoms with E-state index in [1.54, 1.807) is 0 Å². The third kappa shape index (κ3) is 3.12. The van der Waals surface area contributed by atoms with Crippen LogP contribution in [0.15, 0.2) is 16.6 Å². The molecule has 1 unspecified atom stereocenters. The summed E-state index contributed by atoms with van der Waals surface area (Å²) in [6.07, 6.45) is 5.21. The Morgan fingerprint density at radius 1 is 1.30 bits per heavy atom. The van der Waals surface area contributed by atoms with Gasteiger partial charge in [0.25, 0.3) is 0 Å². The smallest absolute Gasteiger partial charge is 0.231 e. The highest BCUT2D eigenvalue weighted by molar-refractivity contribution is 9.10. The molecule has 1 fully saturated rings. The highest BCUT2D eigenvalue weighted by Gasteiger charge is 2.27. The molecule has 4 heteroatoms. The van der Waals surface area contributed by atoms with Gasteiger partial charge in [-0.25, -0.2) is 0 Å². The lowest BCUT2D eigenvalue weighted by atomic mass is 9.75. The molecule has 0 bridgehead atoms. The molecule has 1 N–H and O–H groups in total. The highest BCUT2D eigenvalue weighted by Crippen LogP contribution is 2.38. The van der Waals surface area contributed by atoms with Crippen LogP contribution in [-0.4, -0.2) is 12.8 Å². The number of rotatable bonds is 3. The summed E-state index contributed by atoms with van der Waals surface area (Å²) in [6, 6.07) is 4.70. The van der Waals surface area contributed by atoms with Crippen molar-refractivity contribution in [2.45, 2.75) is 52.1 Å². The Bertz CT molecular complexity index is 501. The molecule has 3 nitrogen and oxygen atoms in total. The van der Waals surface area contributed by atoms with Gasteiger partial charge in [-0.1, -0.05) is 36.2 Å². The first-order valence-electron chi connectivity index (χ1n) is 7.35. The topological polar surface area (TPSA) is 30.5 Å². The molecular weight excluding hydrogens is 318 g/mol. The van der Waals surface area contributed by atoms with Crippen LogP contribution in [0, 0.1) is 5.41 Å². The molecule has 0 aromatic heterocycles. The van der Waals surface area contributed by atoms with E-state index >= 15 is 0 Å². The fourth-order valence-electron chi connectivity index (χ4n) is 3.22. The molecule has 1 aromatic rings. The molecule has 1 aromatic carbocycles. The summed E-state index contributed by atoms with van der Waals surface area (Å²) in [6.45, 7) is 5.95. The van der Waals surface area contributed by atoms with Crippen LogP contribution in [0.3, 0.4) is 0 Å². The van der Waals surface area contributed by atoms with Crippen molar-refractivity contribution in [3.05, 3.63) is 22.2 Å². The van der Waals surface area contributed by atoms with Crippen molar-refractivity contribution in [3.63, 3.8) is 0 Å². The molecule has 1 aliphatic heterocycles. The van der Waals surface area contributed by atoms with Crippen molar-refractivity contribution in [1.82, 2.24) is 5.32 Å². The van der Waals surface area contributed by atoms with Crippen molar-refractivity contribution in [3.8, 4) is 11.5 Å². The number of nitrogens with one attached hydrogen (secondary N) is 1. The second-order valence-corrected chi connectivity index (χ2v) is 7.49. The Labute approximate surface area is 129 Å². The van der Waals surface area contributed by atoms with Gasteiger partial charge in [-0.3, -0.25) is 0 Å². The van der Waals surface area contributed by atoms with Gasteiger partial charge < -0.3 is 14.8 Å². The van der Waals surface area contributed by atoms with E-state index in [9.17, 15) is 0 Å². The van der Waals surface area contributed by atoms with Crippen LogP contribution in [0.25, 0.3) is 0 Å². The van der Waals surface area contributed by atoms with Crippen LogP contribution < -0.4 is 14.8 Å². The van der Waals surface area contributed by atoms with Crippen LogP contribution in [0.4, 0.5) is 0 Å². The van der Waals surface area contributed by atoms with Gasteiger partial charge in [-0.15, -0.1) is 0 Å². The average molecular weight is 340 g/mol. The van der Waals surface area contributed by atoms with Crippen LogP contribution in [0.5, 0.6) is 11.5 Å². The van der Waals surface area contributed by atoms with E-state index < -0.39 is 0 Å². The van der Waals surface area contributed by atoms with Crippen LogP contribution in [-0.2, 0) is 6.54 Å². The second-order valence-electron chi connectivity index (χ2n) is 6.64. The maximum atomic E-state index is 5.45. The Balaban J connectivity index is 1.64. The predicted octanol–water partition coefficient (Wildman–Crippen LogP) is 4.24. The zero-order valence-electron chi connectivity index (χ0n) is 12.2. The maximum Gasteiger partial charge on any atom is 0.231 e. The molecule has 0 amide bonds. The van der Waals surface area contributed by atoms with Gasteiger partial charge in [0, 0.05) is 17.1 Å². The summed E-state index contributed by atoms with van der Waals surface area (Å²) in [4.78, 5) is 0.